The van der Waals surface area contributed by atoms with E-state index in [1.807, 2.05) is 55.5 Å². The van der Waals surface area contributed by atoms with Gasteiger partial charge in [0.15, 0.2) is 11.5 Å². The van der Waals surface area contributed by atoms with Gasteiger partial charge >= 0.3 is 0 Å². The second-order valence-corrected chi connectivity index (χ2v) is 6.92. The van der Waals surface area contributed by atoms with E-state index in [4.69, 9.17) is 9.26 Å². The Morgan fingerprint density at radius 2 is 1.86 bits per heavy atom. The highest BCUT2D eigenvalue weighted by Gasteiger charge is 2.24. The van der Waals surface area contributed by atoms with Gasteiger partial charge in [-0.3, -0.25) is 4.79 Å². The maximum absolute atomic E-state index is 12.8. The molecule has 1 aliphatic rings. The van der Waals surface area contributed by atoms with Crippen molar-refractivity contribution in [2.45, 2.75) is 6.92 Å². The summed E-state index contributed by atoms with van der Waals surface area (Å²) in [4.78, 5) is 14.6. The molecule has 0 unspecified atom stereocenters. The molecule has 0 aliphatic carbocycles. The summed E-state index contributed by atoms with van der Waals surface area (Å²) in [7, 11) is 0. The van der Waals surface area contributed by atoms with Crippen molar-refractivity contribution in [3.63, 3.8) is 0 Å². The molecule has 8 nitrogen and oxygen atoms in total. The highest BCUT2D eigenvalue weighted by Crippen LogP contribution is 2.30. The Balaban J connectivity index is 1.53. The summed E-state index contributed by atoms with van der Waals surface area (Å²) in [5.74, 6) is 0.581. The van der Waals surface area contributed by atoms with Crippen molar-refractivity contribution in [3.05, 3.63) is 59.9 Å². The first kappa shape index (κ1) is 17.6. The molecule has 0 saturated carbocycles. The van der Waals surface area contributed by atoms with Gasteiger partial charge in [-0.2, -0.15) is 0 Å². The van der Waals surface area contributed by atoms with Crippen molar-refractivity contribution in [3.8, 4) is 17.0 Å². The van der Waals surface area contributed by atoms with E-state index in [1.54, 1.807) is 9.58 Å². The van der Waals surface area contributed by atoms with Gasteiger partial charge in [-0.1, -0.05) is 40.7 Å². The van der Waals surface area contributed by atoms with Crippen LogP contribution < -0.4 is 0 Å². The lowest BCUT2D eigenvalue weighted by molar-refractivity contribution is 0.0298. The quantitative estimate of drug-likeness (QED) is 0.536. The lowest BCUT2D eigenvalue weighted by atomic mass is 10.1. The van der Waals surface area contributed by atoms with Crippen LogP contribution in [0.5, 0.6) is 0 Å². The first-order valence-electron chi connectivity index (χ1n) is 9.47. The number of rotatable bonds is 3. The van der Waals surface area contributed by atoms with Crippen LogP contribution in [-0.4, -0.2) is 57.3 Å². The van der Waals surface area contributed by atoms with Gasteiger partial charge in [0.25, 0.3) is 5.91 Å². The molecule has 1 aliphatic heterocycles. The summed E-state index contributed by atoms with van der Waals surface area (Å²) in [5.41, 5.74) is 3.56. The first-order chi connectivity index (χ1) is 14.2. The minimum absolute atomic E-state index is 0.118. The van der Waals surface area contributed by atoms with E-state index in [9.17, 15) is 4.79 Å². The first-order valence-corrected chi connectivity index (χ1v) is 9.47. The van der Waals surface area contributed by atoms with Crippen molar-refractivity contribution >= 4 is 16.8 Å². The van der Waals surface area contributed by atoms with Gasteiger partial charge in [0.1, 0.15) is 5.52 Å². The maximum Gasteiger partial charge on any atom is 0.276 e. The molecule has 4 aromatic rings. The third-order valence-electron chi connectivity index (χ3n) is 5.14. The van der Waals surface area contributed by atoms with Gasteiger partial charge in [0, 0.05) is 18.7 Å². The second-order valence-electron chi connectivity index (χ2n) is 6.92. The zero-order chi connectivity index (χ0) is 19.8. The summed E-state index contributed by atoms with van der Waals surface area (Å²) in [5, 5.41) is 13.4. The molecule has 29 heavy (non-hydrogen) atoms. The predicted octanol–water partition coefficient (Wildman–Crippen LogP) is 2.86. The van der Waals surface area contributed by atoms with Crippen LogP contribution in [0, 0.1) is 6.92 Å². The Bertz CT molecular complexity index is 1180. The van der Waals surface area contributed by atoms with Gasteiger partial charge in [-0.25, -0.2) is 4.68 Å². The van der Waals surface area contributed by atoms with Crippen molar-refractivity contribution in [1.82, 2.24) is 25.1 Å². The average molecular weight is 389 g/mol. The van der Waals surface area contributed by atoms with Crippen molar-refractivity contribution < 1.29 is 14.1 Å². The minimum Gasteiger partial charge on any atom is -0.378 e. The number of carbonyl (C=O) groups excluding carboxylic acids is 1. The molecule has 2 aromatic carbocycles. The summed E-state index contributed by atoms with van der Waals surface area (Å²) < 4.78 is 12.6. The Morgan fingerprint density at radius 1 is 1.07 bits per heavy atom. The number of carbonyl (C=O) groups is 1. The fourth-order valence-corrected chi connectivity index (χ4v) is 3.55. The Kier molecular flexibility index (Phi) is 4.33. The summed E-state index contributed by atoms with van der Waals surface area (Å²) in [6.07, 6.45) is 0. The van der Waals surface area contributed by atoms with Crippen LogP contribution in [0.4, 0.5) is 0 Å². The van der Waals surface area contributed by atoms with E-state index >= 15 is 0 Å². The molecule has 0 atom stereocenters. The van der Waals surface area contributed by atoms with Gasteiger partial charge in [0.2, 0.25) is 0 Å². The molecule has 0 spiro atoms. The molecule has 0 bridgehead atoms. The molecular formula is C21H19N5O3. The fourth-order valence-electron chi connectivity index (χ4n) is 3.55. The van der Waals surface area contributed by atoms with E-state index in [0.717, 1.165) is 22.2 Å². The minimum atomic E-state index is -0.118. The Labute approximate surface area is 166 Å². The maximum atomic E-state index is 12.8. The van der Waals surface area contributed by atoms with Crippen molar-refractivity contribution in [2.24, 2.45) is 0 Å². The normalized spacial score (nSPS) is 14.4. The van der Waals surface area contributed by atoms with Gasteiger partial charge in [0.05, 0.1) is 30.0 Å². The summed E-state index contributed by atoms with van der Waals surface area (Å²) >= 11 is 0. The van der Waals surface area contributed by atoms with E-state index in [0.29, 0.717) is 43.5 Å². The summed E-state index contributed by atoms with van der Waals surface area (Å²) in [6, 6.07) is 15.6. The molecular weight excluding hydrogens is 370 g/mol. The number of hydrogen-bond donors (Lipinski definition) is 0. The highest BCUT2D eigenvalue weighted by molar-refractivity contribution is 5.94. The van der Waals surface area contributed by atoms with E-state index < -0.39 is 0 Å². The van der Waals surface area contributed by atoms with Gasteiger partial charge in [-0.05, 0) is 25.1 Å². The Hall–Kier alpha value is -3.52. The van der Waals surface area contributed by atoms with Crippen molar-refractivity contribution in [1.29, 1.82) is 0 Å². The van der Waals surface area contributed by atoms with Crippen LogP contribution in [0.15, 0.2) is 53.1 Å². The lowest BCUT2D eigenvalue weighted by Crippen LogP contribution is -2.41. The van der Waals surface area contributed by atoms with Gasteiger partial charge in [-0.15, -0.1) is 5.10 Å². The summed E-state index contributed by atoms with van der Waals surface area (Å²) in [6.45, 7) is 4.08. The van der Waals surface area contributed by atoms with E-state index in [2.05, 4.69) is 15.5 Å². The molecule has 8 heteroatoms. The molecule has 2 aromatic heterocycles. The number of amides is 1. The third-order valence-corrected chi connectivity index (χ3v) is 5.14. The molecule has 0 N–H and O–H groups in total. The second kappa shape index (κ2) is 7.14. The number of morpholine rings is 1. The zero-order valence-electron chi connectivity index (χ0n) is 15.9. The molecule has 5 rings (SSSR count). The van der Waals surface area contributed by atoms with Crippen LogP contribution in [0.2, 0.25) is 0 Å². The molecule has 146 valence electrons. The molecule has 0 radical (unpaired) electrons. The fraction of sp³-hybridized carbons (Fsp3) is 0.238. The number of nitrogens with zero attached hydrogens (tertiary/aromatic N) is 5. The number of fused-ring (bicyclic) bond motifs is 1. The van der Waals surface area contributed by atoms with Crippen LogP contribution in [0.25, 0.3) is 27.9 Å². The number of hydrogen-bond acceptors (Lipinski definition) is 6. The van der Waals surface area contributed by atoms with Crippen LogP contribution in [0.1, 0.15) is 16.2 Å². The highest BCUT2D eigenvalue weighted by atomic mass is 16.5. The average Bonchev–Trinajstić information content (AvgIpc) is 3.37. The third kappa shape index (κ3) is 3.07. The van der Waals surface area contributed by atoms with Crippen LogP contribution >= 0.6 is 0 Å². The zero-order valence-corrected chi connectivity index (χ0v) is 15.9. The number of aromatic nitrogens is 4. The van der Waals surface area contributed by atoms with Crippen LogP contribution in [0.3, 0.4) is 0 Å². The van der Waals surface area contributed by atoms with E-state index in [1.165, 1.54) is 0 Å². The number of ether oxygens (including phenoxy) is 1. The molecule has 1 saturated heterocycles. The van der Waals surface area contributed by atoms with E-state index in [-0.39, 0.29) is 5.91 Å². The number of benzene rings is 2. The standard InChI is InChI=1S/C21H19N5O3/c1-14-19(21(27)25-9-11-28-12-10-25)22-24-26(14)16-7-8-18-17(13-16)20(29-23-18)15-5-3-2-4-6-15/h2-8,13H,9-12H2,1H3. The SMILES string of the molecule is Cc1c(C(=O)N2CCOCC2)nnn1-c1ccc2noc(-c3ccccc3)c2c1. The molecule has 1 fully saturated rings. The van der Waals surface area contributed by atoms with Crippen LogP contribution in [-0.2, 0) is 4.74 Å². The smallest absolute Gasteiger partial charge is 0.276 e. The monoisotopic (exact) mass is 389 g/mol. The predicted molar refractivity (Wildman–Crippen MR) is 106 cm³/mol. The lowest BCUT2D eigenvalue weighted by Gasteiger charge is -2.26. The topological polar surface area (TPSA) is 86.3 Å². The Morgan fingerprint density at radius 3 is 2.66 bits per heavy atom. The van der Waals surface area contributed by atoms with Crippen molar-refractivity contribution in [2.75, 3.05) is 26.3 Å². The molecule has 3 heterocycles. The largest absolute Gasteiger partial charge is 0.378 e. The molecule has 1 amide bonds. The van der Waals surface area contributed by atoms with Gasteiger partial charge < -0.3 is 14.2 Å².